The molecule has 0 saturated carbocycles. The van der Waals surface area contributed by atoms with E-state index in [1.54, 1.807) is 17.0 Å². The van der Waals surface area contributed by atoms with Crippen LogP contribution >= 0.6 is 11.6 Å². The largest absolute Gasteiger partial charge is 0.342 e. The molecule has 1 N–H and O–H groups in total. The van der Waals surface area contributed by atoms with Crippen molar-refractivity contribution >= 4 is 29.2 Å². The van der Waals surface area contributed by atoms with E-state index in [0.717, 1.165) is 39.0 Å². The Hall–Kier alpha value is -1.79. The maximum atomic E-state index is 12.5. The molecule has 1 aromatic rings. The molecule has 0 aromatic heterocycles. The molecule has 0 spiro atoms. The molecule has 2 aliphatic heterocycles. The summed E-state index contributed by atoms with van der Waals surface area (Å²) in [7, 11) is 0. The number of hydrogen-bond donors (Lipinski definition) is 1. The molecule has 2 heterocycles. The van der Waals surface area contributed by atoms with Gasteiger partial charge in [-0.05, 0) is 25.0 Å². The highest BCUT2D eigenvalue weighted by Gasteiger charge is 2.24. The van der Waals surface area contributed by atoms with E-state index in [1.807, 2.05) is 17.0 Å². The average molecular weight is 379 g/mol. The third-order valence-corrected chi connectivity index (χ3v) is 5.42. The Labute approximate surface area is 160 Å². The zero-order valence-electron chi connectivity index (χ0n) is 15.1. The molecular weight excluding hydrogens is 352 g/mol. The number of piperazine rings is 1. The molecule has 6 nitrogen and oxygen atoms in total. The highest BCUT2D eigenvalue weighted by atomic mass is 35.5. The van der Waals surface area contributed by atoms with Gasteiger partial charge in [-0.2, -0.15) is 0 Å². The average Bonchev–Trinajstić information content (AvgIpc) is 2.94. The van der Waals surface area contributed by atoms with E-state index in [2.05, 4.69) is 10.2 Å². The summed E-state index contributed by atoms with van der Waals surface area (Å²) >= 11 is 6.09. The van der Waals surface area contributed by atoms with Crippen LogP contribution in [0.15, 0.2) is 24.3 Å². The minimum Gasteiger partial charge on any atom is -0.342 e. The Balaban J connectivity index is 1.44. The number of halogens is 1. The van der Waals surface area contributed by atoms with E-state index in [-0.39, 0.29) is 11.9 Å². The first-order valence-electron chi connectivity index (χ1n) is 9.44. The SMILES string of the molecule is O=C(CN1CCN(C(=O)Nc2ccccc2Cl)CC1)N1CCCCCC1. The zero-order valence-corrected chi connectivity index (χ0v) is 15.9. The second-order valence-electron chi connectivity index (χ2n) is 6.97. The van der Waals surface area contributed by atoms with Crippen molar-refractivity contribution in [3.05, 3.63) is 29.3 Å². The molecule has 26 heavy (non-hydrogen) atoms. The van der Waals surface area contributed by atoms with Crippen LogP contribution in [-0.2, 0) is 4.79 Å². The Morgan fingerprint density at radius 1 is 0.885 bits per heavy atom. The number of para-hydroxylation sites is 1. The molecule has 0 unspecified atom stereocenters. The fourth-order valence-electron chi connectivity index (χ4n) is 3.48. The molecule has 3 amide bonds. The molecule has 7 heteroatoms. The van der Waals surface area contributed by atoms with E-state index in [9.17, 15) is 9.59 Å². The fraction of sp³-hybridized carbons (Fsp3) is 0.579. The predicted molar refractivity (Wildman–Crippen MR) is 104 cm³/mol. The standard InChI is InChI=1S/C19H27ClN4O2/c20-16-7-3-4-8-17(16)21-19(26)24-13-11-22(12-14-24)15-18(25)23-9-5-1-2-6-10-23/h3-4,7-8H,1-2,5-6,9-15H2,(H,21,26). The number of likely N-dealkylation sites (tertiary alicyclic amines) is 1. The predicted octanol–water partition coefficient (Wildman–Crippen LogP) is 2.89. The van der Waals surface area contributed by atoms with Gasteiger partial charge < -0.3 is 15.1 Å². The first-order valence-corrected chi connectivity index (χ1v) is 9.82. The number of nitrogens with one attached hydrogen (secondary N) is 1. The molecular formula is C19H27ClN4O2. The number of nitrogens with zero attached hydrogens (tertiary/aromatic N) is 3. The van der Waals surface area contributed by atoms with Crippen molar-refractivity contribution in [1.29, 1.82) is 0 Å². The second-order valence-corrected chi connectivity index (χ2v) is 7.38. The van der Waals surface area contributed by atoms with E-state index in [1.165, 1.54) is 12.8 Å². The second kappa shape index (κ2) is 9.24. The van der Waals surface area contributed by atoms with Crippen LogP contribution in [0.3, 0.4) is 0 Å². The van der Waals surface area contributed by atoms with Gasteiger partial charge in [0, 0.05) is 39.3 Å². The molecule has 1 aromatic carbocycles. The lowest BCUT2D eigenvalue weighted by Gasteiger charge is -2.35. The number of benzene rings is 1. The molecule has 0 aliphatic carbocycles. The van der Waals surface area contributed by atoms with Gasteiger partial charge in [0.15, 0.2) is 0 Å². The van der Waals surface area contributed by atoms with Crippen LogP contribution in [0.2, 0.25) is 5.02 Å². The first-order chi connectivity index (χ1) is 12.6. The molecule has 0 atom stereocenters. The Kier molecular flexibility index (Phi) is 6.74. The van der Waals surface area contributed by atoms with Gasteiger partial charge in [0.05, 0.1) is 17.3 Å². The van der Waals surface area contributed by atoms with Crippen LogP contribution in [0.4, 0.5) is 10.5 Å². The quantitative estimate of drug-likeness (QED) is 0.879. The van der Waals surface area contributed by atoms with Crippen molar-refractivity contribution in [1.82, 2.24) is 14.7 Å². The van der Waals surface area contributed by atoms with Crippen LogP contribution in [-0.4, -0.2) is 72.5 Å². The van der Waals surface area contributed by atoms with Gasteiger partial charge in [0.1, 0.15) is 0 Å². The number of rotatable bonds is 3. The van der Waals surface area contributed by atoms with E-state index >= 15 is 0 Å². The van der Waals surface area contributed by atoms with Crippen LogP contribution in [0.1, 0.15) is 25.7 Å². The maximum absolute atomic E-state index is 12.5. The molecule has 2 fully saturated rings. The molecule has 2 saturated heterocycles. The zero-order chi connectivity index (χ0) is 18.4. The summed E-state index contributed by atoms with van der Waals surface area (Å²) < 4.78 is 0. The lowest BCUT2D eigenvalue weighted by atomic mass is 10.2. The van der Waals surface area contributed by atoms with Crippen molar-refractivity contribution in [3.63, 3.8) is 0 Å². The smallest absolute Gasteiger partial charge is 0.321 e. The maximum Gasteiger partial charge on any atom is 0.321 e. The summed E-state index contributed by atoms with van der Waals surface area (Å²) in [6, 6.07) is 7.07. The van der Waals surface area contributed by atoms with Crippen molar-refractivity contribution < 1.29 is 9.59 Å². The van der Waals surface area contributed by atoms with Gasteiger partial charge in [-0.15, -0.1) is 0 Å². The van der Waals surface area contributed by atoms with E-state index in [4.69, 9.17) is 11.6 Å². The topological polar surface area (TPSA) is 55.9 Å². The van der Waals surface area contributed by atoms with Crippen LogP contribution in [0.5, 0.6) is 0 Å². The summed E-state index contributed by atoms with van der Waals surface area (Å²) in [5, 5.41) is 3.39. The number of hydrogen-bond acceptors (Lipinski definition) is 3. The summed E-state index contributed by atoms with van der Waals surface area (Å²) in [6.07, 6.45) is 4.68. The Morgan fingerprint density at radius 3 is 2.19 bits per heavy atom. The van der Waals surface area contributed by atoms with Gasteiger partial charge in [-0.3, -0.25) is 9.69 Å². The van der Waals surface area contributed by atoms with E-state index < -0.39 is 0 Å². The number of urea groups is 1. The summed E-state index contributed by atoms with van der Waals surface area (Å²) in [4.78, 5) is 30.8. The Morgan fingerprint density at radius 2 is 1.54 bits per heavy atom. The third kappa shape index (κ3) is 5.11. The van der Waals surface area contributed by atoms with Gasteiger partial charge in [0.25, 0.3) is 0 Å². The minimum atomic E-state index is -0.142. The van der Waals surface area contributed by atoms with Crippen molar-refractivity contribution in [2.45, 2.75) is 25.7 Å². The normalized spacial score (nSPS) is 19.1. The van der Waals surface area contributed by atoms with Gasteiger partial charge in [-0.25, -0.2) is 4.79 Å². The lowest BCUT2D eigenvalue weighted by molar-refractivity contribution is -0.132. The van der Waals surface area contributed by atoms with Gasteiger partial charge in [-0.1, -0.05) is 36.6 Å². The number of anilines is 1. The van der Waals surface area contributed by atoms with Crippen molar-refractivity contribution in [2.24, 2.45) is 0 Å². The molecule has 142 valence electrons. The monoisotopic (exact) mass is 378 g/mol. The van der Waals surface area contributed by atoms with Crippen LogP contribution in [0, 0.1) is 0 Å². The summed E-state index contributed by atoms with van der Waals surface area (Å²) in [5.74, 6) is 0.223. The highest BCUT2D eigenvalue weighted by molar-refractivity contribution is 6.33. The summed E-state index contributed by atoms with van der Waals surface area (Å²) in [6.45, 7) is 4.90. The third-order valence-electron chi connectivity index (χ3n) is 5.09. The molecule has 2 aliphatic rings. The van der Waals surface area contributed by atoms with Crippen molar-refractivity contribution in [3.8, 4) is 0 Å². The fourth-order valence-corrected chi connectivity index (χ4v) is 3.66. The lowest BCUT2D eigenvalue weighted by Crippen LogP contribution is -2.52. The number of carbonyl (C=O) groups is 2. The van der Waals surface area contributed by atoms with E-state index in [0.29, 0.717) is 30.3 Å². The minimum absolute atomic E-state index is 0.142. The van der Waals surface area contributed by atoms with Gasteiger partial charge >= 0.3 is 6.03 Å². The van der Waals surface area contributed by atoms with Crippen LogP contribution in [0.25, 0.3) is 0 Å². The number of carbonyl (C=O) groups excluding carboxylic acids is 2. The van der Waals surface area contributed by atoms with Crippen LogP contribution < -0.4 is 5.32 Å². The molecule has 3 rings (SSSR count). The van der Waals surface area contributed by atoms with Gasteiger partial charge in [0.2, 0.25) is 5.91 Å². The Bertz CT molecular complexity index is 624. The summed E-state index contributed by atoms with van der Waals surface area (Å²) in [5.41, 5.74) is 0.623. The highest BCUT2D eigenvalue weighted by Crippen LogP contribution is 2.21. The molecule has 0 bridgehead atoms. The first kappa shape index (κ1) is 19.0. The molecule has 0 radical (unpaired) electrons. The van der Waals surface area contributed by atoms with Crippen molar-refractivity contribution in [2.75, 3.05) is 51.1 Å². The number of amides is 3.